The first-order valence-corrected chi connectivity index (χ1v) is 6.47. The highest BCUT2D eigenvalue weighted by Crippen LogP contribution is 2.44. The Hall–Kier alpha value is -0.780. The zero-order valence-electron chi connectivity index (χ0n) is 9.59. The molecule has 1 aromatic rings. The molecule has 2 aliphatic heterocycles. The molecule has 0 amide bonds. The third-order valence-electron chi connectivity index (χ3n) is 3.16. The van der Waals surface area contributed by atoms with Crippen molar-refractivity contribution in [1.29, 1.82) is 0 Å². The van der Waals surface area contributed by atoms with Gasteiger partial charge in [0.05, 0.1) is 17.2 Å². The molecule has 1 fully saturated rings. The Morgan fingerprint density at radius 2 is 2.29 bits per heavy atom. The van der Waals surface area contributed by atoms with E-state index in [9.17, 15) is 0 Å². The molecule has 0 bridgehead atoms. The highest BCUT2D eigenvalue weighted by molar-refractivity contribution is 9.10. The average Bonchev–Trinajstić information content (AvgIpc) is 2.83. The maximum Gasteiger partial charge on any atom is 0.231 e. The minimum atomic E-state index is 0.0922. The Bertz CT molecular complexity index is 444. The van der Waals surface area contributed by atoms with Crippen molar-refractivity contribution in [1.82, 2.24) is 5.32 Å². The number of hydrogen-bond donors (Lipinski definition) is 1. The molecule has 0 saturated carbocycles. The Balaban J connectivity index is 2.01. The molecule has 1 aromatic carbocycles. The SMILES string of the molecule is Cc1c(C2CNCCO2)cc2c(c1Br)OCO2. The van der Waals surface area contributed by atoms with E-state index in [1.54, 1.807) is 0 Å². The van der Waals surface area contributed by atoms with Gasteiger partial charge in [0, 0.05) is 13.1 Å². The number of halogens is 1. The quantitative estimate of drug-likeness (QED) is 0.862. The highest BCUT2D eigenvalue weighted by Gasteiger charge is 2.25. The lowest BCUT2D eigenvalue weighted by Crippen LogP contribution is -2.33. The molecule has 0 spiro atoms. The lowest BCUT2D eigenvalue weighted by atomic mass is 10.0. The molecule has 1 saturated heterocycles. The van der Waals surface area contributed by atoms with Crippen LogP contribution in [0.1, 0.15) is 17.2 Å². The van der Waals surface area contributed by atoms with Crippen LogP contribution in [0.15, 0.2) is 10.5 Å². The summed E-state index contributed by atoms with van der Waals surface area (Å²) in [4.78, 5) is 0. The van der Waals surface area contributed by atoms with Crippen molar-refractivity contribution >= 4 is 15.9 Å². The van der Waals surface area contributed by atoms with E-state index in [-0.39, 0.29) is 6.10 Å². The van der Waals surface area contributed by atoms with Crippen LogP contribution in [0, 0.1) is 6.92 Å². The summed E-state index contributed by atoms with van der Waals surface area (Å²) in [6.07, 6.45) is 0.0922. The molecule has 0 aromatic heterocycles. The van der Waals surface area contributed by atoms with Gasteiger partial charge in [-0.25, -0.2) is 0 Å². The van der Waals surface area contributed by atoms with Gasteiger partial charge in [-0.3, -0.25) is 0 Å². The molecule has 1 N–H and O–H groups in total. The lowest BCUT2D eigenvalue weighted by molar-refractivity contribution is 0.0272. The zero-order valence-corrected chi connectivity index (χ0v) is 11.2. The number of morpholine rings is 1. The molecule has 2 heterocycles. The van der Waals surface area contributed by atoms with Crippen molar-refractivity contribution in [2.75, 3.05) is 26.5 Å². The van der Waals surface area contributed by atoms with Gasteiger partial charge in [0.1, 0.15) is 0 Å². The normalized spacial score (nSPS) is 22.8. The van der Waals surface area contributed by atoms with Crippen LogP contribution >= 0.6 is 15.9 Å². The van der Waals surface area contributed by atoms with E-state index < -0.39 is 0 Å². The molecule has 4 nitrogen and oxygen atoms in total. The minimum Gasteiger partial charge on any atom is -0.454 e. The smallest absolute Gasteiger partial charge is 0.231 e. The molecule has 1 unspecified atom stereocenters. The predicted molar refractivity (Wildman–Crippen MR) is 66.6 cm³/mol. The Labute approximate surface area is 108 Å². The zero-order chi connectivity index (χ0) is 11.8. The number of ether oxygens (including phenoxy) is 3. The summed E-state index contributed by atoms with van der Waals surface area (Å²) in [5.41, 5.74) is 2.32. The Kier molecular flexibility index (Phi) is 2.98. The van der Waals surface area contributed by atoms with Crippen LogP contribution in [0.4, 0.5) is 0 Å². The monoisotopic (exact) mass is 299 g/mol. The molecular weight excluding hydrogens is 286 g/mol. The van der Waals surface area contributed by atoms with E-state index in [2.05, 4.69) is 28.2 Å². The molecule has 3 rings (SSSR count). The van der Waals surface area contributed by atoms with Gasteiger partial charge in [-0.15, -0.1) is 0 Å². The topological polar surface area (TPSA) is 39.7 Å². The predicted octanol–water partition coefficient (Wildman–Crippen LogP) is 2.15. The molecular formula is C12H14BrNO3. The van der Waals surface area contributed by atoms with E-state index in [4.69, 9.17) is 14.2 Å². The molecule has 92 valence electrons. The summed E-state index contributed by atoms with van der Waals surface area (Å²) in [5.74, 6) is 1.60. The van der Waals surface area contributed by atoms with Crippen LogP contribution in [0.5, 0.6) is 11.5 Å². The standard InChI is InChI=1S/C12H14BrNO3/c1-7-8(10-5-14-2-3-15-10)4-9-12(11(7)13)17-6-16-9/h4,10,14H,2-3,5-6H2,1H3. The number of benzene rings is 1. The van der Waals surface area contributed by atoms with Crippen molar-refractivity contribution in [2.24, 2.45) is 0 Å². The lowest BCUT2D eigenvalue weighted by Gasteiger charge is -2.26. The first-order chi connectivity index (χ1) is 8.27. The van der Waals surface area contributed by atoms with Gasteiger partial charge in [0.2, 0.25) is 6.79 Å². The van der Waals surface area contributed by atoms with Gasteiger partial charge < -0.3 is 19.5 Å². The Morgan fingerprint density at radius 3 is 3.06 bits per heavy atom. The van der Waals surface area contributed by atoms with Crippen LogP contribution in [0.2, 0.25) is 0 Å². The van der Waals surface area contributed by atoms with E-state index in [0.717, 1.165) is 46.8 Å². The fourth-order valence-corrected chi connectivity index (χ4v) is 2.75. The summed E-state index contributed by atoms with van der Waals surface area (Å²) >= 11 is 3.57. The third kappa shape index (κ3) is 1.92. The Morgan fingerprint density at radius 1 is 1.41 bits per heavy atom. The third-order valence-corrected chi connectivity index (χ3v) is 4.12. The van der Waals surface area contributed by atoms with Gasteiger partial charge in [-0.1, -0.05) is 0 Å². The first kappa shape index (κ1) is 11.3. The van der Waals surface area contributed by atoms with Crippen LogP contribution in [-0.4, -0.2) is 26.5 Å². The molecule has 5 heteroatoms. The maximum absolute atomic E-state index is 5.78. The highest BCUT2D eigenvalue weighted by atomic mass is 79.9. The fraction of sp³-hybridized carbons (Fsp3) is 0.500. The molecule has 17 heavy (non-hydrogen) atoms. The van der Waals surface area contributed by atoms with Crippen LogP contribution in [0.25, 0.3) is 0 Å². The summed E-state index contributed by atoms with van der Waals surface area (Å²) in [5, 5.41) is 3.34. The van der Waals surface area contributed by atoms with Gasteiger partial charge in [-0.05, 0) is 40.0 Å². The minimum absolute atomic E-state index is 0.0922. The second-order valence-electron chi connectivity index (χ2n) is 4.20. The van der Waals surface area contributed by atoms with Crippen LogP contribution in [-0.2, 0) is 4.74 Å². The molecule has 1 atom stereocenters. The second-order valence-corrected chi connectivity index (χ2v) is 5.00. The van der Waals surface area contributed by atoms with Gasteiger partial charge in [0.25, 0.3) is 0 Å². The second kappa shape index (κ2) is 4.48. The summed E-state index contributed by atoms with van der Waals surface area (Å²) in [6.45, 7) is 4.87. The summed E-state index contributed by atoms with van der Waals surface area (Å²) in [7, 11) is 0. The summed E-state index contributed by atoms with van der Waals surface area (Å²) < 4.78 is 17.6. The van der Waals surface area contributed by atoms with Gasteiger partial charge >= 0.3 is 0 Å². The van der Waals surface area contributed by atoms with Crippen LogP contribution < -0.4 is 14.8 Å². The van der Waals surface area contributed by atoms with E-state index in [0.29, 0.717) is 6.79 Å². The average molecular weight is 300 g/mol. The van der Waals surface area contributed by atoms with Crippen molar-refractivity contribution in [3.63, 3.8) is 0 Å². The van der Waals surface area contributed by atoms with Gasteiger partial charge in [-0.2, -0.15) is 0 Å². The van der Waals surface area contributed by atoms with Crippen molar-refractivity contribution in [3.8, 4) is 11.5 Å². The van der Waals surface area contributed by atoms with Crippen molar-refractivity contribution in [2.45, 2.75) is 13.0 Å². The van der Waals surface area contributed by atoms with E-state index in [1.165, 1.54) is 0 Å². The summed E-state index contributed by atoms with van der Waals surface area (Å²) in [6, 6.07) is 2.03. The fourth-order valence-electron chi connectivity index (χ4n) is 2.21. The number of rotatable bonds is 1. The number of fused-ring (bicyclic) bond motifs is 1. The van der Waals surface area contributed by atoms with Crippen LogP contribution in [0.3, 0.4) is 0 Å². The first-order valence-electron chi connectivity index (χ1n) is 5.68. The number of nitrogens with one attached hydrogen (secondary N) is 1. The van der Waals surface area contributed by atoms with E-state index in [1.807, 2.05) is 6.07 Å². The number of hydrogen-bond acceptors (Lipinski definition) is 4. The molecule has 0 radical (unpaired) electrons. The van der Waals surface area contributed by atoms with Gasteiger partial charge in [0.15, 0.2) is 11.5 Å². The molecule has 2 aliphatic rings. The van der Waals surface area contributed by atoms with Crippen molar-refractivity contribution in [3.05, 3.63) is 21.7 Å². The molecule has 0 aliphatic carbocycles. The van der Waals surface area contributed by atoms with E-state index >= 15 is 0 Å². The maximum atomic E-state index is 5.78. The largest absolute Gasteiger partial charge is 0.454 e. The van der Waals surface area contributed by atoms with Crippen molar-refractivity contribution < 1.29 is 14.2 Å².